The van der Waals surface area contributed by atoms with Crippen molar-refractivity contribution in [2.45, 2.75) is 168 Å². The topological polar surface area (TPSA) is 6.48 Å². The van der Waals surface area contributed by atoms with Crippen molar-refractivity contribution in [3.8, 4) is 0 Å². The number of rotatable bonds is 24. The number of hydrogen-bond acceptors (Lipinski definition) is 2. The molecule has 0 aromatic rings. The first-order valence-electron chi connectivity index (χ1n) is 15.0. The molecule has 0 aliphatic carbocycles. The predicted octanol–water partition coefficient (Wildman–Crippen LogP) is 10.0. The van der Waals surface area contributed by atoms with Crippen LogP contribution in [0.2, 0.25) is 0 Å². The van der Waals surface area contributed by atoms with Crippen LogP contribution in [0.25, 0.3) is 0 Å². The third kappa shape index (κ3) is 16.0. The monoisotopic (exact) mass is 448 g/mol. The van der Waals surface area contributed by atoms with Crippen LogP contribution in [0.15, 0.2) is 12.4 Å². The molecule has 2 nitrogen and oxygen atoms in total. The highest BCUT2D eigenvalue weighted by atomic mass is 15.4. The summed E-state index contributed by atoms with van der Waals surface area (Å²) in [7, 11) is 2.26. The summed E-state index contributed by atoms with van der Waals surface area (Å²) in [6.45, 7) is 5.86. The molecule has 32 heavy (non-hydrogen) atoms. The molecule has 1 aliphatic heterocycles. The maximum absolute atomic E-state index is 2.62. The second-order valence-electron chi connectivity index (χ2n) is 10.5. The van der Waals surface area contributed by atoms with Crippen molar-refractivity contribution in [2.75, 3.05) is 13.6 Å². The van der Waals surface area contributed by atoms with Gasteiger partial charge in [-0.3, -0.25) is 0 Å². The van der Waals surface area contributed by atoms with Crippen LogP contribution in [-0.2, 0) is 0 Å². The van der Waals surface area contributed by atoms with Gasteiger partial charge in [-0.1, -0.05) is 142 Å². The van der Waals surface area contributed by atoms with Gasteiger partial charge in [-0.15, -0.1) is 0 Å². The standard InChI is InChI=1S/C30H60N2/c1-4-6-8-10-12-14-16-18-20-22-24-26-30-31(3)28-29-32(30)27-25-23-21-19-17-15-13-11-9-7-5-2/h28-30H,4-27H2,1-3H3. The quantitative estimate of drug-likeness (QED) is 0.135. The molecule has 1 rings (SSSR count). The van der Waals surface area contributed by atoms with Gasteiger partial charge < -0.3 is 9.80 Å². The second-order valence-corrected chi connectivity index (χ2v) is 10.5. The van der Waals surface area contributed by atoms with Gasteiger partial charge >= 0.3 is 0 Å². The molecule has 1 atom stereocenters. The molecule has 0 fully saturated rings. The molecule has 190 valence electrons. The van der Waals surface area contributed by atoms with Crippen molar-refractivity contribution < 1.29 is 0 Å². The molecule has 1 heterocycles. The van der Waals surface area contributed by atoms with Gasteiger partial charge in [-0.25, -0.2) is 0 Å². The van der Waals surface area contributed by atoms with Gasteiger partial charge in [0.1, 0.15) is 6.17 Å². The van der Waals surface area contributed by atoms with Gasteiger partial charge in [0.25, 0.3) is 0 Å². The van der Waals surface area contributed by atoms with Gasteiger partial charge in [0.15, 0.2) is 0 Å². The number of unbranched alkanes of at least 4 members (excludes halogenated alkanes) is 20. The smallest absolute Gasteiger partial charge is 0.100 e. The fourth-order valence-electron chi connectivity index (χ4n) is 5.17. The SMILES string of the molecule is CCCCCCCCCCCCCC1N(C)C=CN1CCCCCCCCCCCCC. The van der Waals surface area contributed by atoms with E-state index in [1.54, 1.807) is 0 Å². The second kappa shape index (κ2) is 22.1. The van der Waals surface area contributed by atoms with Crippen molar-refractivity contribution >= 4 is 0 Å². The molecule has 0 bridgehead atoms. The summed E-state index contributed by atoms with van der Waals surface area (Å²) in [6, 6.07) is 0. The van der Waals surface area contributed by atoms with Gasteiger partial charge in [0.2, 0.25) is 0 Å². The molecular formula is C30H60N2. The van der Waals surface area contributed by atoms with Crippen molar-refractivity contribution in [3.05, 3.63) is 12.4 Å². The third-order valence-corrected chi connectivity index (χ3v) is 7.43. The summed E-state index contributed by atoms with van der Waals surface area (Å²) in [5.41, 5.74) is 0. The first kappa shape index (κ1) is 29.4. The van der Waals surface area contributed by atoms with Gasteiger partial charge in [-0.2, -0.15) is 0 Å². The van der Waals surface area contributed by atoms with Crippen molar-refractivity contribution in [1.82, 2.24) is 9.80 Å². The molecule has 0 aromatic heterocycles. The Hall–Kier alpha value is -0.660. The van der Waals surface area contributed by atoms with Crippen LogP contribution in [-0.4, -0.2) is 29.6 Å². The molecule has 0 radical (unpaired) electrons. The average Bonchev–Trinajstić information content (AvgIpc) is 3.15. The van der Waals surface area contributed by atoms with E-state index in [0.29, 0.717) is 6.17 Å². The Kier molecular flexibility index (Phi) is 20.3. The minimum absolute atomic E-state index is 0.622. The summed E-state index contributed by atoms with van der Waals surface area (Å²) in [5, 5.41) is 0. The fraction of sp³-hybridized carbons (Fsp3) is 0.933. The summed E-state index contributed by atoms with van der Waals surface area (Å²) in [4.78, 5) is 5.05. The summed E-state index contributed by atoms with van der Waals surface area (Å²) in [5.74, 6) is 0. The minimum atomic E-state index is 0.622. The highest BCUT2D eigenvalue weighted by Gasteiger charge is 2.22. The number of nitrogens with zero attached hydrogens (tertiary/aromatic N) is 2. The number of hydrogen-bond donors (Lipinski definition) is 0. The Labute approximate surface area is 203 Å². The third-order valence-electron chi connectivity index (χ3n) is 7.43. The van der Waals surface area contributed by atoms with Crippen LogP contribution in [0.1, 0.15) is 162 Å². The van der Waals surface area contributed by atoms with Crippen LogP contribution in [0.3, 0.4) is 0 Å². The molecule has 0 saturated carbocycles. The maximum Gasteiger partial charge on any atom is 0.100 e. The lowest BCUT2D eigenvalue weighted by molar-refractivity contribution is 0.159. The zero-order valence-corrected chi connectivity index (χ0v) is 22.6. The summed E-state index contributed by atoms with van der Waals surface area (Å²) in [6.07, 6.45) is 38.2. The van der Waals surface area contributed by atoms with Crippen LogP contribution in [0.5, 0.6) is 0 Å². The van der Waals surface area contributed by atoms with Crippen LogP contribution in [0.4, 0.5) is 0 Å². The lowest BCUT2D eigenvalue weighted by atomic mass is 10.0. The minimum Gasteiger partial charge on any atom is -0.359 e. The Bertz CT molecular complexity index is 406. The molecule has 0 aromatic carbocycles. The van der Waals surface area contributed by atoms with Gasteiger partial charge in [0, 0.05) is 26.0 Å². The lowest BCUT2D eigenvalue weighted by Gasteiger charge is -2.30. The zero-order valence-electron chi connectivity index (χ0n) is 22.6. The van der Waals surface area contributed by atoms with Crippen LogP contribution < -0.4 is 0 Å². The Balaban J connectivity index is 1.93. The molecular weight excluding hydrogens is 388 g/mol. The Morgan fingerprint density at radius 1 is 0.469 bits per heavy atom. The van der Waals surface area contributed by atoms with Crippen molar-refractivity contribution in [3.63, 3.8) is 0 Å². The van der Waals surface area contributed by atoms with E-state index in [4.69, 9.17) is 0 Å². The molecule has 1 unspecified atom stereocenters. The normalized spacial score (nSPS) is 15.9. The summed E-state index contributed by atoms with van der Waals surface area (Å²) < 4.78 is 0. The van der Waals surface area contributed by atoms with Crippen molar-refractivity contribution in [1.29, 1.82) is 0 Å². The van der Waals surface area contributed by atoms with E-state index in [1.165, 1.54) is 154 Å². The average molecular weight is 449 g/mol. The summed E-state index contributed by atoms with van der Waals surface area (Å²) >= 11 is 0. The molecule has 0 N–H and O–H groups in total. The predicted molar refractivity (Wildman–Crippen MR) is 145 cm³/mol. The van der Waals surface area contributed by atoms with E-state index in [1.807, 2.05) is 0 Å². The Morgan fingerprint density at radius 2 is 0.844 bits per heavy atom. The van der Waals surface area contributed by atoms with E-state index < -0.39 is 0 Å². The largest absolute Gasteiger partial charge is 0.359 e. The molecule has 0 amide bonds. The fourth-order valence-corrected chi connectivity index (χ4v) is 5.17. The van der Waals surface area contributed by atoms with E-state index in [9.17, 15) is 0 Å². The highest BCUT2D eigenvalue weighted by molar-refractivity contribution is 4.95. The maximum atomic E-state index is 2.62. The van der Waals surface area contributed by atoms with E-state index in [0.717, 1.165) is 0 Å². The molecule has 1 aliphatic rings. The zero-order chi connectivity index (χ0) is 23.1. The first-order valence-corrected chi connectivity index (χ1v) is 15.0. The molecule has 0 spiro atoms. The van der Waals surface area contributed by atoms with E-state index in [-0.39, 0.29) is 0 Å². The van der Waals surface area contributed by atoms with Crippen molar-refractivity contribution in [2.24, 2.45) is 0 Å². The van der Waals surface area contributed by atoms with E-state index >= 15 is 0 Å². The molecule has 0 saturated heterocycles. The van der Waals surface area contributed by atoms with Gasteiger partial charge in [-0.05, 0) is 19.3 Å². The lowest BCUT2D eigenvalue weighted by Crippen LogP contribution is -2.37. The van der Waals surface area contributed by atoms with Crippen LogP contribution in [0, 0.1) is 0 Å². The first-order chi connectivity index (χ1) is 15.8. The van der Waals surface area contributed by atoms with Crippen LogP contribution >= 0.6 is 0 Å². The van der Waals surface area contributed by atoms with E-state index in [2.05, 4.69) is 43.1 Å². The highest BCUT2D eigenvalue weighted by Crippen LogP contribution is 2.21. The van der Waals surface area contributed by atoms with Gasteiger partial charge in [0.05, 0.1) is 0 Å². The molecule has 2 heteroatoms. The Morgan fingerprint density at radius 3 is 1.28 bits per heavy atom.